The topological polar surface area (TPSA) is 245 Å². The maximum atomic E-state index is 14.4. The van der Waals surface area contributed by atoms with Gasteiger partial charge < -0.3 is 64.9 Å². The van der Waals surface area contributed by atoms with Crippen LogP contribution in [0.15, 0.2) is 89.0 Å². The van der Waals surface area contributed by atoms with Gasteiger partial charge in [-0.15, -0.1) is 21.5 Å². The normalized spacial score (nSPS) is 24.6. The number of fused-ring (bicyclic) bond motifs is 2. The third-order valence-electron chi connectivity index (χ3n) is 18.0. The first-order valence-electron chi connectivity index (χ1n) is 29.3. The minimum atomic E-state index is -0.842. The highest BCUT2D eigenvalue weighted by Crippen LogP contribution is 2.41. The highest BCUT2D eigenvalue weighted by molar-refractivity contribution is 7.13. The molecule has 0 radical (unpaired) electrons. The summed E-state index contributed by atoms with van der Waals surface area (Å²) >= 11 is 1.59. The summed E-state index contributed by atoms with van der Waals surface area (Å²) in [5.41, 5.74) is 13.5. The molecular formula is C61H76N12O8S. The Morgan fingerprint density at radius 2 is 1.61 bits per heavy atom. The van der Waals surface area contributed by atoms with Crippen molar-refractivity contribution in [1.29, 1.82) is 0 Å². The van der Waals surface area contributed by atoms with Gasteiger partial charge in [0.2, 0.25) is 17.7 Å². The summed E-state index contributed by atoms with van der Waals surface area (Å²) in [7, 11) is 0. The fraction of sp³-hybridized carbons (Fsp3) is 0.525. The van der Waals surface area contributed by atoms with Crippen LogP contribution in [0, 0.1) is 12.8 Å². The molecule has 6 N–H and O–H groups in total. The maximum Gasteiger partial charge on any atom is 0.243 e. The van der Waals surface area contributed by atoms with Crippen molar-refractivity contribution in [2.24, 2.45) is 5.92 Å². The summed E-state index contributed by atoms with van der Waals surface area (Å²) in [5.74, 6) is 0.739. The Bertz CT molecular complexity index is 3200. The van der Waals surface area contributed by atoms with Gasteiger partial charge in [-0.3, -0.25) is 9.59 Å². The standard InChI is InChI=1S/C61H76N12O8S/c1-36(2)56(60(77)72-33-44(74)26-51(72)59(76)65-37(3)39-9-11-40(12-10-39)57-38(4)64-35-82-57)53-30-54(68-81-53)70-23-18-61(78,19-24-70)34-69-21-16-45(17-22-69)79-46-27-47(28-46)80-55-25-41(15-20-63-55)73-42-13-14-43(73)32-71(31-42)50-29-49(66-67-58(50)62)48-7-5-6-8-52(48)75/h5-12,15,20,25,29-30,35-37,42-47,51,56,74-75,78H,13-14,16-19,21-24,26-28,31-34H2,1-4H3,(H2,62,67)(H,65,76)/t37-,42?,43?,44+,46-,47-,51-,56+/m0/s1. The number of aromatic hydroxyl groups is 1. The first kappa shape index (κ1) is 55.6. The van der Waals surface area contributed by atoms with Gasteiger partial charge in [-0.05, 0) is 93.7 Å². The third-order valence-corrected chi connectivity index (χ3v) is 19.0. The van der Waals surface area contributed by atoms with Crippen LogP contribution in [-0.2, 0) is 14.3 Å². The Labute approximate surface area is 482 Å². The molecule has 5 saturated heterocycles. The van der Waals surface area contributed by atoms with Gasteiger partial charge in [-0.2, -0.15) is 0 Å². The van der Waals surface area contributed by atoms with E-state index < -0.39 is 23.7 Å². The molecule has 12 rings (SSSR count). The number of aryl methyl sites for hydroxylation is 1. The number of piperazine rings is 1. The molecule has 4 aromatic heterocycles. The molecule has 2 bridgehead atoms. The Morgan fingerprint density at radius 1 is 0.866 bits per heavy atom. The number of likely N-dealkylation sites (tertiary alicyclic amines) is 2. The second-order valence-electron chi connectivity index (χ2n) is 24.0. The molecule has 6 fully saturated rings. The number of piperidine rings is 2. The molecule has 2 amide bonds. The van der Waals surface area contributed by atoms with Crippen LogP contribution >= 0.6 is 11.3 Å². The Balaban J connectivity index is 0.572. The molecule has 0 spiro atoms. The number of benzene rings is 2. The predicted octanol–water partition coefficient (Wildman–Crippen LogP) is 7.11. The van der Waals surface area contributed by atoms with Crippen molar-refractivity contribution in [3.63, 3.8) is 0 Å². The average Bonchev–Trinajstić information content (AvgIpc) is 4.17. The monoisotopic (exact) mass is 1140 g/mol. The lowest BCUT2D eigenvalue weighted by molar-refractivity contribution is -0.141. The van der Waals surface area contributed by atoms with Gasteiger partial charge in [-0.25, -0.2) is 9.97 Å². The van der Waals surface area contributed by atoms with Crippen molar-refractivity contribution in [3.8, 4) is 33.3 Å². The molecule has 21 heteroatoms. The van der Waals surface area contributed by atoms with Crippen LogP contribution in [0.3, 0.4) is 0 Å². The molecule has 1 aliphatic carbocycles. The number of hydrogen-bond acceptors (Lipinski definition) is 19. The fourth-order valence-electron chi connectivity index (χ4n) is 13.4. The molecule has 6 aliphatic rings. The van der Waals surface area contributed by atoms with E-state index in [0.29, 0.717) is 67.0 Å². The third kappa shape index (κ3) is 11.7. The highest BCUT2D eigenvalue weighted by Gasteiger charge is 2.45. The SMILES string of the molecule is Cc1ncsc1-c1ccc([C@H](C)NC(=O)[C@@H]2C[C@@H](O)CN2C(=O)[C@@H](c2cc(N3CCC(O)(CN4CCC(O[C@H]5C[C@H](Oc6cc(N7C8CCC7CN(c7cc(-c9ccccc9O)nnc7N)C8)ccn6)C5)CC4)CC3)no2)C(C)C)cc1. The molecule has 434 valence electrons. The summed E-state index contributed by atoms with van der Waals surface area (Å²) < 4.78 is 19.0. The number of nitrogens with one attached hydrogen (secondary N) is 1. The molecule has 6 aromatic rings. The van der Waals surface area contributed by atoms with Crippen LogP contribution in [0.1, 0.15) is 108 Å². The lowest BCUT2D eigenvalue weighted by Gasteiger charge is -2.44. The molecule has 82 heavy (non-hydrogen) atoms. The van der Waals surface area contributed by atoms with Gasteiger partial charge in [0.1, 0.15) is 23.8 Å². The number of pyridine rings is 1. The van der Waals surface area contributed by atoms with E-state index in [2.05, 4.69) is 62.4 Å². The van der Waals surface area contributed by atoms with Crippen LogP contribution in [0.4, 0.5) is 23.0 Å². The largest absolute Gasteiger partial charge is 0.507 e. The molecule has 2 unspecified atom stereocenters. The second-order valence-corrected chi connectivity index (χ2v) is 24.9. The van der Waals surface area contributed by atoms with E-state index in [1.807, 2.05) is 87.9 Å². The number of phenolic OH excluding ortho intramolecular Hbond substituents is 1. The smallest absolute Gasteiger partial charge is 0.243 e. The number of hydrogen-bond donors (Lipinski definition) is 5. The minimum Gasteiger partial charge on any atom is -0.507 e. The Morgan fingerprint density at radius 3 is 2.32 bits per heavy atom. The van der Waals surface area contributed by atoms with Crippen molar-refractivity contribution in [1.82, 2.24) is 40.4 Å². The molecule has 1 saturated carbocycles. The number of carbonyl (C=O) groups is 2. The number of phenols is 1. The fourth-order valence-corrected chi connectivity index (χ4v) is 14.2. The maximum absolute atomic E-state index is 14.4. The number of nitrogens with two attached hydrogens (primary N) is 1. The summed E-state index contributed by atoms with van der Waals surface area (Å²) in [6, 6.07) is 22.5. The number of amides is 2. The number of aromatic nitrogens is 5. The average molecular weight is 1140 g/mol. The van der Waals surface area contributed by atoms with Gasteiger partial charge >= 0.3 is 0 Å². The van der Waals surface area contributed by atoms with Crippen molar-refractivity contribution in [2.75, 3.05) is 72.8 Å². The number of anilines is 4. The van der Waals surface area contributed by atoms with E-state index in [1.165, 1.54) is 4.90 Å². The minimum absolute atomic E-state index is 0.0484. The lowest BCUT2D eigenvalue weighted by Crippen LogP contribution is -2.54. The molecule has 20 nitrogen and oxygen atoms in total. The lowest BCUT2D eigenvalue weighted by atomic mass is 9.89. The number of para-hydroxylation sites is 1. The van der Waals surface area contributed by atoms with Crippen LogP contribution in [0.2, 0.25) is 0 Å². The number of nitrogens with zero attached hydrogens (tertiary/aromatic N) is 10. The van der Waals surface area contributed by atoms with E-state index in [1.54, 1.807) is 23.5 Å². The number of nitrogen functional groups attached to an aromatic ring is 1. The quantitative estimate of drug-likeness (QED) is 0.0611. The summed E-state index contributed by atoms with van der Waals surface area (Å²) in [6.45, 7) is 12.9. The van der Waals surface area contributed by atoms with Crippen molar-refractivity contribution in [3.05, 3.63) is 102 Å². The van der Waals surface area contributed by atoms with Gasteiger partial charge in [-0.1, -0.05) is 55.4 Å². The molecular weight excluding hydrogens is 1060 g/mol. The van der Waals surface area contributed by atoms with Crippen molar-refractivity contribution in [2.45, 2.75) is 146 Å². The number of rotatable bonds is 17. The molecule has 2 aromatic carbocycles. The first-order valence-corrected chi connectivity index (χ1v) is 30.2. The number of ether oxygens (including phenoxy) is 2. The van der Waals surface area contributed by atoms with Gasteiger partial charge in [0.15, 0.2) is 17.4 Å². The van der Waals surface area contributed by atoms with E-state index in [0.717, 1.165) is 97.8 Å². The number of thiazole rings is 1. The van der Waals surface area contributed by atoms with E-state index in [9.17, 15) is 24.9 Å². The van der Waals surface area contributed by atoms with E-state index in [4.69, 9.17) is 19.7 Å². The van der Waals surface area contributed by atoms with Gasteiger partial charge in [0.25, 0.3) is 0 Å². The first-order chi connectivity index (χ1) is 39.6. The number of β-amino-alcohol motifs (C(OH)–C–C–N with tert-alkyl or cyclic N) is 2. The van der Waals surface area contributed by atoms with E-state index in [-0.39, 0.29) is 72.9 Å². The van der Waals surface area contributed by atoms with Crippen LogP contribution in [0.25, 0.3) is 21.7 Å². The zero-order valence-corrected chi connectivity index (χ0v) is 48.0. The summed E-state index contributed by atoms with van der Waals surface area (Å²) in [5, 5.41) is 49.2. The number of aliphatic hydroxyl groups excluding tert-OH is 1. The van der Waals surface area contributed by atoms with Gasteiger partial charge in [0.05, 0.1) is 57.4 Å². The second kappa shape index (κ2) is 23.4. The van der Waals surface area contributed by atoms with Crippen molar-refractivity contribution < 1.29 is 38.9 Å². The zero-order valence-electron chi connectivity index (χ0n) is 47.2. The van der Waals surface area contributed by atoms with Crippen LogP contribution in [-0.4, -0.2) is 163 Å². The molecule has 9 heterocycles. The summed E-state index contributed by atoms with van der Waals surface area (Å²) in [6.07, 6.45) is 8.26. The number of carbonyl (C=O) groups excluding carboxylic acids is 2. The zero-order chi connectivity index (χ0) is 56.8. The van der Waals surface area contributed by atoms with Crippen LogP contribution < -0.4 is 30.5 Å². The van der Waals surface area contributed by atoms with Crippen LogP contribution in [0.5, 0.6) is 11.6 Å². The van der Waals surface area contributed by atoms with Crippen molar-refractivity contribution >= 4 is 46.2 Å². The molecule has 5 aliphatic heterocycles. The molecule has 6 atom stereocenters. The van der Waals surface area contributed by atoms with Gasteiger partial charge in [0, 0.05) is 113 Å². The number of aliphatic hydroxyl groups is 2. The Kier molecular flexibility index (Phi) is 15.9. The van der Waals surface area contributed by atoms with E-state index >= 15 is 0 Å². The Hall–Kier alpha value is -6.91. The highest BCUT2D eigenvalue weighted by atomic mass is 32.1. The predicted molar refractivity (Wildman–Crippen MR) is 313 cm³/mol. The summed E-state index contributed by atoms with van der Waals surface area (Å²) in [4.78, 5) is 49.1.